The molecular formula is C11H15BN2O3. The first-order chi connectivity index (χ1) is 8.13. The van der Waals surface area contributed by atoms with Crippen LogP contribution in [0.15, 0.2) is 24.3 Å². The molecular weight excluding hydrogens is 219 g/mol. The fraction of sp³-hybridized carbons (Fsp3) is 0.364. The van der Waals surface area contributed by atoms with Crippen molar-refractivity contribution in [2.75, 3.05) is 18.0 Å². The van der Waals surface area contributed by atoms with Crippen LogP contribution in [0.2, 0.25) is 0 Å². The Bertz CT molecular complexity index is 425. The summed E-state index contributed by atoms with van der Waals surface area (Å²) in [6.45, 7) is 1.01. The number of nitrogens with two attached hydrogens (primary N) is 1. The highest BCUT2D eigenvalue weighted by Crippen LogP contribution is 2.23. The van der Waals surface area contributed by atoms with E-state index in [9.17, 15) is 14.8 Å². The predicted molar refractivity (Wildman–Crippen MR) is 65.8 cm³/mol. The molecule has 5 nitrogen and oxygen atoms in total. The van der Waals surface area contributed by atoms with E-state index in [1.807, 2.05) is 0 Å². The lowest BCUT2D eigenvalue weighted by atomic mass is 9.78. The number of carbonyl (C=O) groups excluding carboxylic acids is 1. The van der Waals surface area contributed by atoms with E-state index in [2.05, 4.69) is 0 Å². The number of hydrogen-bond acceptors (Lipinski definition) is 4. The van der Waals surface area contributed by atoms with Gasteiger partial charge in [0.25, 0.3) is 0 Å². The summed E-state index contributed by atoms with van der Waals surface area (Å²) < 4.78 is 0. The van der Waals surface area contributed by atoms with Gasteiger partial charge in [-0.15, -0.1) is 0 Å². The number of anilines is 1. The van der Waals surface area contributed by atoms with E-state index in [0.717, 1.165) is 0 Å². The zero-order valence-corrected chi connectivity index (χ0v) is 9.41. The second kappa shape index (κ2) is 4.87. The number of amides is 1. The third-order valence-electron chi connectivity index (χ3n) is 3.04. The van der Waals surface area contributed by atoms with E-state index in [1.54, 1.807) is 29.2 Å². The van der Waals surface area contributed by atoms with Gasteiger partial charge in [0.1, 0.15) is 0 Å². The Hall–Kier alpha value is -1.37. The number of benzene rings is 1. The molecule has 1 aliphatic rings. The van der Waals surface area contributed by atoms with Crippen LogP contribution in [0.1, 0.15) is 6.42 Å². The number of carbonyl (C=O) groups is 1. The zero-order chi connectivity index (χ0) is 12.4. The van der Waals surface area contributed by atoms with Crippen LogP contribution in [0.3, 0.4) is 0 Å². The molecule has 4 N–H and O–H groups in total. The highest BCUT2D eigenvalue weighted by Gasteiger charge is 2.32. The second-order valence-electron chi connectivity index (χ2n) is 4.24. The van der Waals surface area contributed by atoms with Gasteiger partial charge in [-0.25, -0.2) is 0 Å². The van der Waals surface area contributed by atoms with Crippen molar-refractivity contribution < 1.29 is 14.8 Å². The van der Waals surface area contributed by atoms with E-state index < -0.39 is 7.12 Å². The van der Waals surface area contributed by atoms with E-state index in [-0.39, 0.29) is 11.8 Å². The van der Waals surface area contributed by atoms with Crippen molar-refractivity contribution in [2.45, 2.75) is 6.42 Å². The van der Waals surface area contributed by atoms with Gasteiger partial charge in [0.05, 0.1) is 0 Å². The van der Waals surface area contributed by atoms with Gasteiger partial charge in [-0.2, -0.15) is 0 Å². The summed E-state index contributed by atoms with van der Waals surface area (Å²) in [5.41, 5.74) is 6.46. The summed E-state index contributed by atoms with van der Waals surface area (Å²) >= 11 is 0. The highest BCUT2D eigenvalue weighted by molar-refractivity contribution is 6.60. The molecule has 1 heterocycles. The van der Waals surface area contributed by atoms with Gasteiger partial charge in [0, 0.05) is 24.1 Å². The Kier molecular flexibility index (Phi) is 3.47. The largest absolute Gasteiger partial charge is 0.490 e. The number of rotatable bonds is 3. The molecule has 0 spiro atoms. The molecule has 2 rings (SSSR count). The third kappa shape index (κ3) is 2.33. The van der Waals surface area contributed by atoms with Crippen LogP contribution in [-0.4, -0.2) is 36.2 Å². The van der Waals surface area contributed by atoms with Crippen LogP contribution in [0.5, 0.6) is 0 Å². The Morgan fingerprint density at radius 3 is 2.71 bits per heavy atom. The molecule has 0 aliphatic carbocycles. The first-order valence-corrected chi connectivity index (χ1v) is 5.59. The quantitative estimate of drug-likeness (QED) is 0.566. The van der Waals surface area contributed by atoms with Gasteiger partial charge in [-0.3, -0.25) is 4.79 Å². The number of para-hydroxylation sites is 1. The molecule has 1 amide bonds. The van der Waals surface area contributed by atoms with Gasteiger partial charge in [-0.1, -0.05) is 18.2 Å². The van der Waals surface area contributed by atoms with Crippen molar-refractivity contribution in [1.82, 2.24) is 0 Å². The van der Waals surface area contributed by atoms with Crippen LogP contribution in [0.4, 0.5) is 5.69 Å². The van der Waals surface area contributed by atoms with Gasteiger partial charge >= 0.3 is 7.12 Å². The molecule has 0 bridgehead atoms. The lowest BCUT2D eigenvalue weighted by molar-refractivity contribution is -0.117. The molecule has 0 saturated carbocycles. The van der Waals surface area contributed by atoms with Crippen molar-refractivity contribution in [3.05, 3.63) is 24.3 Å². The van der Waals surface area contributed by atoms with Crippen LogP contribution >= 0.6 is 0 Å². The van der Waals surface area contributed by atoms with Crippen molar-refractivity contribution >= 4 is 24.2 Å². The molecule has 17 heavy (non-hydrogen) atoms. The van der Waals surface area contributed by atoms with Crippen molar-refractivity contribution in [3.8, 4) is 0 Å². The first-order valence-electron chi connectivity index (χ1n) is 5.59. The van der Waals surface area contributed by atoms with E-state index >= 15 is 0 Å². The second-order valence-corrected chi connectivity index (χ2v) is 4.24. The molecule has 1 aromatic rings. The SMILES string of the molecule is NCC1CC(=O)N(c2ccccc2B(O)O)C1. The average molecular weight is 234 g/mol. The standard InChI is InChI=1S/C11H15BN2O3/c13-6-8-5-11(15)14(7-8)10-4-2-1-3-9(10)12(16)17/h1-4,8,16-17H,5-7,13H2. The van der Waals surface area contributed by atoms with Crippen molar-refractivity contribution in [3.63, 3.8) is 0 Å². The van der Waals surface area contributed by atoms with Gasteiger partial charge < -0.3 is 20.7 Å². The minimum absolute atomic E-state index is 0.0199. The van der Waals surface area contributed by atoms with Crippen molar-refractivity contribution in [1.29, 1.82) is 0 Å². The Balaban J connectivity index is 2.31. The van der Waals surface area contributed by atoms with Crippen LogP contribution < -0.4 is 16.1 Å². The molecule has 90 valence electrons. The summed E-state index contributed by atoms with van der Waals surface area (Å²) in [5, 5.41) is 18.5. The van der Waals surface area contributed by atoms with Crippen LogP contribution in [0, 0.1) is 5.92 Å². The minimum atomic E-state index is -1.57. The average Bonchev–Trinajstić information content (AvgIpc) is 2.70. The predicted octanol–water partition coefficient (Wildman–Crippen LogP) is -1.32. The van der Waals surface area contributed by atoms with Gasteiger partial charge in [-0.05, 0) is 18.5 Å². The van der Waals surface area contributed by atoms with Gasteiger partial charge in [0.2, 0.25) is 5.91 Å². The maximum Gasteiger partial charge on any atom is 0.490 e. The molecule has 1 aliphatic heterocycles. The molecule has 1 saturated heterocycles. The van der Waals surface area contributed by atoms with Crippen molar-refractivity contribution in [2.24, 2.45) is 11.7 Å². The Labute approximate surface area is 100.0 Å². The monoisotopic (exact) mass is 234 g/mol. The summed E-state index contributed by atoms with van der Waals surface area (Å²) in [6, 6.07) is 6.79. The summed E-state index contributed by atoms with van der Waals surface area (Å²) in [5.74, 6) is 0.125. The lowest BCUT2D eigenvalue weighted by Gasteiger charge is -2.20. The summed E-state index contributed by atoms with van der Waals surface area (Å²) in [7, 11) is -1.57. The van der Waals surface area contributed by atoms with Gasteiger partial charge in [0.15, 0.2) is 0 Å². The van der Waals surface area contributed by atoms with Crippen LogP contribution in [0.25, 0.3) is 0 Å². The molecule has 1 unspecified atom stereocenters. The number of hydrogen-bond donors (Lipinski definition) is 3. The summed E-state index contributed by atoms with van der Waals surface area (Å²) in [4.78, 5) is 13.4. The zero-order valence-electron chi connectivity index (χ0n) is 9.41. The van der Waals surface area contributed by atoms with E-state index in [0.29, 0.717) is 30.7 Å². The van der Waals surface area contributed by atoms with E-state index in [4.69, 9.17) is 5.73 Å². The topological polar surface area (TPSA) is 86.8 Å². The summed E-state index contributed by atoms with van der Waals surface area (Å²) in [6.07, 6.45) is 0.423. The molecule has 1 aromatic carbocycles. The van der Waals surface area contributed by atoms with Crippen LogP contribution in [-0.2, 0) is 4.79 Å². The fourth-order valence-electron chi connectivity index (χ4n) is 2.12. The molecule has 0 aromatic heterocycles. The molecule has 1 atom stereocenters. The molecule has 1 fully saturated rings. The normalized spacial score (nSPS) is 19.8. The fourth-order valence-corrected chi connectivity index (χ4v) is 2.12. The lowest BCUT2D eigenvalue weighted by Crippen LogP contribution is -2.38. The first kappa shape index (κ1) is 12.1. The number of nitrogens with zero attached hydrogens (tertiary/aromatic N) is 1. The molecule has 6 heteroatoms. The van der Waals surface area contributed by atoms with E-state index in [1.165, 1.54) is 0 Å². The molecule has 0 radical (unpaired) electrons. The maximum absolute atomic E-state index is 11.8. The highest BCUT2D eigenvalue weighted by atomic mass is 16.4. The maximum atomic E-state index is 11.8. The Morgan fingerprint density at radius 2 is 2.12 bits per heavy atom. The minimum Gasteiger partial charge on any atom is -0.423 e. The smallest absolute Gasteiger partial charge is 0.423 e. The Morgan fingerprint density at radius 1 is 1.41 bits per heavy atom. The third-order valence-corrected chi connectivity index (χ3v) is 3.04.